The third-order valence-electron chi connectivity index (χ3n) is 7.38. The Bertz CT molecular complexity index is 394. The lowest BCUT2D eigenvalue weighted by Gasteiger charge is -2.56. The van der Waals surface area contributed by atoms with Crippen LogP contribution in [0.5, 0.6) is 0 Å². The average Bonchev–Trinajstić information content (AvgIpc) is 2.53. The van der Waals surface area contributed by atoms with Gasteiger partial charge in [-0.3, -0.25) is 0 Å². The van der Waals surface area contributed by atoms with Crippen LogP contribution in [0.3, 0.4) is 0 Å². The maximum absolute atomic E-state index is 6.61. The Hall–Kier alpha value is 0.230. The van der Waals surface area contributed by atoms with Crippen LogP contribution in [0.2, 0.25) is 0 Å². The predicted octanol–water partition coefficient (Wildman–Crippen LogP) is 3.11. The lowest BCUT2D eigenvalue weighted by molar-refractivity contribution is -0.187. The molecule has 8 unspecified atom stereocenters. The van der Waals surface area contributed by atoms with Gasteiger partial charge in [0.15, 0.2) is 0 Å². The number of hydrogen-bond donors (Lipinski definition) is 3. The first-order valence-corrected chi connectivity index (χ1v) is 10.5. The molecule has 4 aliphatic rings. The van der Waals surface area contributed by atoms with Crippen molar-refractivity contribution in [2.24, 2.45) is 35.1 Å². The largest absolute Gasteiger partial charge is 0.374 e. The second kappa shape index (κ2) is 6.86. The van der Waals surface area contributed by atoms with E-state index in [9.17, 15) is 0 Å². The molecule has 4 heteroatoms. The summed E-state index contributed by atoms with van der Waals surface area (Å²) >= 11 is 5.02. The molecule has 3 nitrogen and oxygen atoms in total. The minimum absolute atomic E-state index is 0.337. The normalized spacial score (nSPS) is 54.1. The summed E-state index contributed by atoms with van der Waals surface area (Å²) in [6.07, 6.45) is 13.2. The fraction of sp³-hybridized carbons (Fsp3) is 1.00. The van der Waals surface area contributed by atoms with Gasteiger partial charge >= 0.3 is 0 Å². The molecule has 0 radical (unpaired) electrons. The van der Waals surface area contributed by atoms with Crippen LogP contribution in [-0.4, -0.2) is 29.5 Å². The first-order valence-electron chi connectivity index (χ1n) is 9.98. The second-order valence-corrected chi connectivity index (χ2v) is 9.44. The summed E-state index contributed by atoms with van der Waals surface area (Å²) in [6, 6.07) is 0.674. The number of nitrogens with two attached hydrogens (primary N) is 2. The highest BCUT2D eigenvalue weighted by molar-refractivity contribution is 7.81. The Morgan fingerprint density at radius 2 is 1.26 bits per heavy atom. The molecule has 0 spiro atoms. The van der Waals surface area contributed by atoms with Gasteiger partial charge in [-0.05, 0) is 75.0 Å². The third-order valence-corrected chi connectivity index (χ3v) is 8.02. The fourth-order valence-corrected chi connectivity index (χ4v) is 6.86. The van der Waals surface area contributed by atoms with Gasteiger partial charge in [-0.25, -0.2) is 0 Å². The molecule has 23 heavy (non-hydrogen) atoms. The first kappa shape index (κ1) is 16.7. The van der Waals surface area contributed by atoms with Crippen molar-refractivity contribution in [1.82, 2.24) is 0 Å². The number of ether oxygens (including phenoxy) is 1. The Kier molecular flexibility index (Phi) is 4.97. The van der Waals surface area contributed by atoms with Gasteiger partial charge in [0.1, 0.15) is 0 Å². The van der Waals surface area contributed by atoms with Crippen LogP contribution >= 0.6 is 12.6 Å². The van der Waals surface area contributed by atoms with E-state index in [0.717, 1.165) is 36.5 Å². The molecule has 0 bridgehead atoms. The number of fused-ring (bicyclic) bond motifs is 2. The molecule has 3 aliphatic carbocycles. The van der Waals surface area contributed by atoms with Gasteiger partial charge in [-0.2, -0.15) is 12.6 Å². The van der Waals surface area contributed by atoms with Crippen LogP contribution < -0.4 is 11.5 Å². The molecule has 4 fully saturated rings. The van der Waals surface area contributed by atoms with E-state index in [1.54, 1.807) is 0 Å². The van der Waals surface area contributed by atoms with Gasteiger partial charge in [0, 0.05) is 17.3 Å². The summed E-state index contributed by atoms with van der Waals surface area (Å²) in [7, 11) is 0. The highest BCUT2D eigenvalue weighted by Crippen LogP contribution is 2.53. The highest BCUT2D eigenvalue weighted by Gasteiger charge is 2.52. The first-order chi connectivity index (χ1) is 11.1. The summed E-state index contributed by atoms with van der Waals surface area (Å²) in [5.74, 6) is 3.05. The summed E-state index contributed by atoms with van der Waals surface area (Å²) in [5.41, 5.74) is 12.5. The predicted molar refractivity (Wildman–Crippen MR) is 97.5 cm³/mol. The van der Waals surface area contributed by atoms with Gasteiger partial charge in [0.25, 0.3) is 0 Å². The monoisotopic (exact) mass is 338 g/mol. The lowest BCUT2D eigenvalue weighted by atomic mass is 9.58. The van der Waals surface area contributed by atoms with Crippen LogP contribution in [0.4, 0.5) is 0 Å². The van der Waals surface area contributed by atoms with Crippen molar-refractivity contribution >= 4 is 12.6 Å². The smallest absolute Gasteiger partial charge is 0.0624 e. The van der Waals surface area contributed by atoms with Crippen LogP contribution in [0.1, 0.15) is 64.2 Å². The number of hydrogen-bond acceptors (Lipinski definition) is 4. The van der Waals surface area contributed by atoms with Crippen molar-refractivity contribution in [3.8, 4) is 0 Å². The Labute approximate surface area is 146 Å². The Morgan fingerprint density at radius 1 is 0.696 bits per heavy atom. The summed E-state index contributed by atoms with van der Waals surface area (Å²) in [5, 5.41) is 0.597. The van der Waals surface area contributed by atoms with Crippen LogP contribution in [0.25, 0.3) is 0 Å². The van der Waals surface area contributed by atoms with Crippen LogP contribution in [0, 0.1) is 23.7 Å². The zero-order valence-corrected chi connectivity index (χ0v) is 15.2. The summed E-state index contributed by atoms with van der Waals surface area (Å²) < 4.78 is 6.61. The van der Waals surface area contributed by atoms with Crippen molar-refractivity contribution in [2.45, 2.75) is 93.7 Å². The van der Waals surface area contributed by atoms with Gasteiger partial charge < -0.3 is 16.2 Å². The van der Waals surface area contributed by atoms with E-state index in [-0.39, 0.29) is 0 Å². The minimum Gasteiger partial charge on any atom is -0.374 e. The molecule has 8 atom stereocenters. The molecular weight excluding hydrogens is 304 g/mol. The maximum Gasteiger partial charge on any atom is 0.0624 e. The van der Waals surface area contributed by atoms with Crippen molar-refractivity contribution < 1.29 is 4.74 Å². The molecular formula is C19H34N2OS. The number of thiol groups is 1. The molecule has 0 amide bonds. The topological polar surface area (TPSA) is 61.3 Å². The molecule has 4 N–H and O–H groups in total. The Morgan fingerprint density at radius 3 is 1.83 bits per heavy atom. The van der Waals surface area contributed by atoms with E-state index in [0.29, 0.717) is 29.5 Å². The third kappa shape index (κ3) is 3.21. The van der Waals surface area contributed by atoms with Crippen LogP contribution in [0.15, 0.2) is 0 Å². The summed E-state index contributed by atoms with van der Waals surface area (Å²) in [6.45, 7) is 0. The molecule has 0 aromatic rings. The average molecular weight is 339 g/mol. The van der Waals surface area contributed by atoms with Gasteiger partial charge in [0.05, 0.1) is 12.2 Å². The standard InChI is InChI=1S/C19H34N2OS/c20-11-5-7-13-16(9-11)22-17-10-12(21)6-8-14(17)19(13)15-3-1-2-4-18(15)23/h11-19,23H,1-10,20-21H2. The van der Waals surface area contributed by atoms with Crippen LogP contribution in [-0.2, 0) is 4.74 Å². The van der Waals surface area contributed by atoms with Gasteiger partial charge in [0.2, 0.25) is 0 Å². The quantitative estimate of drug-likeness (QED) is 0.644. The molecule has 0 aromatic carbocycles. The molecule has 1 aliphatic heterocycles. The van der Waals surface area contributed by atoms with E-state index in [2.05, 4.69) is 0 Å². The van der Waals surface area contributed by atoms with E-state index < -0.39 is 0 Å². The zero-order chi connectivity index (χ0) is 16.0. The van der Waals surface area contributed by atoms with Gasteiger partial charge in [-0.1, -0.05) is 12.8 Å². The van der Waals surface area contributed by atoms with Crippen molar-refractivity contribution in [3.05, 3.63) is 0 Å². The molecule has 3 saturated carbocycles. The van der Waals surface area contributed by atoms with Crippen molar-refractivity contribution in [3.63, 3.8) is 0 Å². The minimum atomic E-state index is 0.337. The molecule has 1 saturated heterocycles. The Balaban J connectivity index is 1.61. The van der Waals surface area contributed by atoms with E-state index >= 15 is 0 Å². The van der Waals surface area contributed by atoms with Gasteiger partial charge in [-0.15, -0.1) is 0 Å². The van der Waals surface area contributed by atoms with E-state index in [1.165, 1.54) is 51.4 Å². The molecule has 0 aromatic heterocycles. The van der Waals surface area contributed by atoms with E-state index in [4.69, 9.17) is 28.8 Å². The van der Waals surface area contributed by atoms with Crippen molar-refractivity contribution in [2.75, 3.05) is 0 Å². The fourth-order valence-electron chi connectivity index (χ4n) is 6.33. The SMILES string of the molecule is NC1CCC2C(C1)OC1CC(N)CCC1C2C1CCCCC1S. The van der Waals surface area contributed by atoms with Crippen molar-refractivity contribution in [1.29, 1.82) is 0 Å². The summed E-state index contributed by atoms with van der Waals surface area (Å²) in [4.78, 5) is 0. The maximum atomic E-state index is 6.61. The molecule has 4 rings (SSSR count). The molecule has 132 valence electrons. The number of rotatable bonds is 1. The lowest BCUT2D eigenvalue weighted by Crippen LogP contribution is -2.57. The molecule has 1 heterocycles. The van der Waals surface area contributed by atoms with E-state index in [1.807, 2.05) is 0 Å². The second-order valence-electron chi connectivity index (χ2n) is 8.78. The highest BCUT2D eigenvalue weighted by atomic mass is 32.1. The zero-order valence-electron chi connectivity index (χ0n) is 14.3.